The summed E-state index contributed by atoms with van der Waals surface area (Å²) in [5.74, 6) is 1.82. The maximum Gasteiger partial charge on any atom is 0.261 e. The molecule has 186 valence electrons. The van der Waals surface area contributed by atoms with E-state index in [1.54, 1.807) is 36.4 Å². The lowest BCUT2D eigenvalue weighted by Crippen LogP contribution is -2.43. The predicted molar refractivity (Wildman–Crippen MR) is 131 cm³/mol. The average molecular weight is 500 g/mol. The molecule has 3 aromatic rings. The van der Waals surface area contributed by atoms with Crippen molar-refractivity contribution in [2.75, 3.05) is 44.7 Å². The summed E-state index contributed by atoms with van der Waals surface area (Å²) in [5, 5.41) is 2.93. The average Bonchev–Trinajstić information content (AvgIpc) is 3.31. The van der Waals surface area contributed by atoms with Crippen molar-refractivity contribution in [3.63, 3.8) is 0 Å². The molecule has 2 aromatic carbocycles. The highest BCUT2D eigenvalue weighted by atomic mass is 32.2. The minimum atomic E-state index is -3.89. The molecule has 1 aromatic heterocycles. The molecule has 0 aliphatic carbocycles. The summed E-state index contributed by atoms with van der Waals surface area (Å²) in [6.07, 6.45) is 0. The number of carbonyl (C=O) groups excluding carboxylic acids is 1. The van der Waals surface area contributed by atoms with Gasteiger partial charge in [-0.15, -0.1) is 0 Å². The van der Waals surface area contributed by atoms with Crippen LogP contribution < -0.4 is 14.8 Å². The Balaban J connectivity index is 1.46. The van der Waals surface area contributed by atoms with Crippen LogP contribution in [0.4, 0.5) is 5.69 Å². The molecule has 1 atom stereocenters. The van der Waals surface area contributed by atoms with Gasteiger partial charge in [-0.3, -0.25) is 14.4 Å². The summed E-state index contributed by atoms with van der Waals surface area (Å²) in [4.78, 5) is 15.2. The highest BCUT2D eigenvalue weighted by Gasteiger charge is 2.26. The summed E-state index contributed by atoms with van der Waals surface area (Å²) >= 11 is 0. The quantitative estimate of drug-likeness (QED) is 0.465. The van der Waals surface area contributed by atoms with Crippen molar-refractivity contribution in [2.24, 2.45) is 0 Å². The summed E-state index contributed by atoms with van der Waals surface area (Å²) in [6, 6.07) is 16.1. The van der Waals surface area contributed by atoms with Crippen LogP contribution in [0.15, 0.2) is 70.0 Å². The van der Waals surface area contributed by atoms with Crippen LogP contribution in [0.5, 0.6) is 5.75 Å². The normalized spacial score (nSPS) is 15.4. The van der Waals surface area contributed by atoms with Crippen LogP contribution >= 0.6 is 0 Å². The van der Waals surface area contributed by atoms with Crippen molar-refractivity contribution in [2.45, 2.75) is 17.9 Å². The number of carbonyl (C=O) groups is 1. The van der Waals surface area contributed by atoms with Gasteiger partial charge in [0.25, 0.3) is 15.9 Å². The monoisotopic (exact) mass is 499 g/mol. The fourth-order valence-corrected chi connectivity index (χ4v) is 5.00. The molecule has 0 bridgehead atoms. The zero-order valence-electron chi connectivity index (χ0n) is 19.7. The summed E-state index contributed by atoms with van der Waals surface area (Å²) in [5.41, 5.74) is 0.640. The first-order valence-electron chi connectivity index (χ1n) is 11.3. The molecule has 35 heavy (non-hydrogen) atoms. The van der Waals surface area contributed by atoms with E-state index in [9.17, 15) is 13.2 Å². The van der Waals surface area contributed by atoms with Crippen LogP contribution in [0, 0.1) is 6.92 Å². The minimum Gasteiger partial charge on any atom is -0.497 e. The van der Waals surface area contributed by atoms with Gasteiger partial charge in [-0.25, -0.2) is 8.42 Å². The largest absolute Gasteiger partial charge is 0.497 e. The molecule has 0 unspecified atom stereocenters. The molecule has 1 amide bonds. The Bertz CT molecular complexity index is 1250. The zero-order valence-corrected chi connectivity index (χ0v) is 20.5. The number of rotatable bonds is 9. The van der Waals surface area contributed by atoms with E-state index in [2.05, 4.69) is 14.9 Å². The molecule has 10 heteroatoms. The fourth-order valence-electron chi connectivity index (χ4n) is 3.90. The topological polar surface area (TPSA) is 110 Å². The van der Waals surface area contributed by atoms with Gasteiger partial charge in [-0.2, -0.15) is 0 Å². The Morgan fingerprint density at radius 2 is 1.83 bits per heavy atom. The van der Waals surface area contributed by atoms with Gasteiger partial charge in [0.1, 0.15) is 17.3 Å². The van der Waals surface area contributed by atoms with Crippen molar-refractivity contribution in [1.82, 2.24) is 10.2 Å². The van der Waals surface area contributed by atoms with E-state index in [1.165, 1.54) is 19.2 Å². The lowest BCUT2D eigenvalue weighted by atomic mass is 10.1. The van der Waals surface area contributed by atoms with Crippen molar-refractivity contribution < 1.29 is 27.1 Å². The van der Waals surface area contributed by atoms with Crippen LogP contribution in [-0.4, -0.2) is 59.2 Å². The number of aryl methyl sites for hydroxylation is 1. The Morgan fingerprint density at radius 3 is 2.49 bits per heavy atom. The highest BCUT2D eigenvalue weighted by Crippen LogP contribution is 2.24. The van der Waals surface area contributed by atoms with Crippen molar-refractivity contribution in [1.29, 1.82) is 0 Å². The molecule has 0 radical (unpaired) electrons. The number of nitrogens with zero attached hydrogens (tertiary/aromatic N) is 1. The number of amides is 1. The summed E-state index contributed by atoms with van der Waals surface area (Å²) in [6.45, 7) is 4.88. The Morgan fingerprint density at radius 1 is 1.09 bits per heavy atom. The molecule has 4 rings (SSSR count). The van der Waals surface area contributed by atoms with Gasteiger partial charge in [0.15, 0.2) is 0 Å². The maximum absolute atomic E-state index is 13.0. The van der Waals surface area contributed by atoms with Crippen LogP contribution in [0.25, 0.3) is 0 Å². The number of hydrogen-bond donors (Lipinski definition) is 2. The smallest absolute Gasteiger partial charge is 0.261 e. The third-order valence-electron chi connectivity index (χ3n) is 5.78. The van der Waals surface area contributed by atoms with Crippen molar-refractivity contribution >= 4 is 21.6 Å². The van der Waals surface area contributed by atoms with Crippen molar-refractivity contribution in [3.8, 4) is 5.75 Å². The van der Waals surface area contributed by atoms with Crippen LogP contribution in [0.3, 0.4) is 0 Å². The number of morpholine rings is 1. The first-order chi connectivity index (χ1) is 16.9. The van der Waals surface area contributed by atoms with E-state index in [0.29, 0.717) is 31.2 Å². The minimum absolute atomic E-state index is 0.00708. The molecule has 2 heterocycles. The van der Waals surface area contributed by atoms with E-state index in [0.717, 1.165) is 24.6 Å². The predicted octanol–water partition coefficient (Wildman–Crippen LogP) is 3.20. The number of furan rings is 1. The summed E-state index contributed by atoms with van der Waals surface area (Å²) in [7, 11) is -2.35. The van der Waals surface area contributed by atoms with E-state index >= 15 is 0 Å². The van der Waals surface area contributed by atoms with Crippen LogP contribution in [0.2, 0.25) is 0 Å². The fraction of sp³-hybridized carbons (Fsp3) is 0.320. The Kier molecular flexibility index (Phi) is 7.74. The molecule has 1 saturated heterocycles. The first kappa shape index (κ1) is 24.8. The second kappa shape index (κ2) is 10.9. The van der Waals surface area contributed by atoms with Crippen LogP contribution in [-0.2, 0) is 14.8 Å². The van der Waals surface area contributed by atoms with Gasteiger partial charge < -0.3 is 19.2 Å². The lowest BCUT2D eigenvalue weighted by molar-refractivity contribution is 0.0117. The van der Waals surface area contributed by atoms with Crippen molar-refractivity contribution in [3.05, 3.63) is 77.7 Å². The Labute approximate surface area is 205 Å². The van der Waals surface area contributed by atoms with Crippen LogP contribution in [0.1, 0.15) is 27.9 Å². The number of sulfonamides is 1. The van der Waals surface area contributed by atoms with Gasteiger partial charge >= 0.3 is 0 Å². The number of ether oxygens (including phenoxy) is 2. The van der Waals surface area contributed by atoms with E-state index in [-0.39, 0.29) is 22.4 Å². The molecule has 0 spiro atoms. The van der Waals surface area contributed by atoms with Gasteiger partial charge in [0.05, 0.1) is 31.3 Å². The molecule has 1 aliphatic rings. The Hall–Kier alpha value is -3.34. The zero-order chi connectivity index (χ0) is 24.8. The van der Waals surface area contributed by atoms with Gasteiger partial charge in [0, 0.05) is 30.9 Å². The number of nitrogens with one attached hydrogen (secondary N) is 2. The molecule has 1 fully saturated rings. The third kappa shape index (κ3) is 6.21. The highest BCUT2D eigenvalue weighted by molar-refractivity contribution is 7.92. The number of hydrogen-bond acceptors (Lipinski definition) is 7. The number of anilines is 1. The maximum atomic E-state index is 13.0. The van der Waals surface area contributed by atoms with Gasteiger partial charge in [-0.1, -0.05) is 6.07 Å². The van der Waals surface area contributed by atoms with Gasteiger partial charge in [-0.05, 0) is 61.5 Å². The number of benzene rings is 2. The second-order valence-electron chi connectivity index (χ2n) is 8.18. The standard InChI is InChI=1S/C25H29N3O6S/c1-18-6-11-24(34-18)23(28-12-14-33-15-13-28)17-26-25(29)19-4-3-5-22(16-19)35(30,31)27-20-7-9-21(32-2)10-8-20/h3-11,16,23,27H,12-15,17H2,1-2H3,(H,26,29)/t23-/m0/s1. The lowest BCUT2D eigenvalue weighted by Gasteiger charge is -2.33. The second-order valence-corrected chi connectivity index (χ2v) is 9.87. The van der Waals surface area contributed by atoms with Gasteiger partial charge in [0.2, 0.25) is 0 Å². The molecule has 9 nitrogen and oxygen atoms in total. The SMILES string of the molecule is COc1ccc(NS(=O)(=O)c2cccc(C(=O)NC[C@@H](c3ccc(C)o3)N3CCOCC3)c2)cc1. The molecule has 0 saturated carbocycles. The molecular weight excluding hydrogens is 470 g/mol. The molecular formula is C25H29N3O6S. The molecule has 1 aliphatic heterocycles. The van der Waals surface area contributed by atoms with E-state index < -0.39 is 10.0 Å². The van der Waals surface area contributed by atoms with E-state index in [4.69, 9.17) is 13.9 Å². The number of methoxy groups -OCH3 is 1. The first-order valence-corrected chi connectivity index (χ1v) is 12.8. The van der Waals surface area contributed by atoms with E-state index in [1.807, 2.05) is 19.1 Å². The summed E-state index contributed by atoms with van der Waals surface area (Å²) < 4.78 is 44.7. The third-order valence-corrected chi connectivity index (χ3v) is 7.16. The molecule has 2 N–H and O–H groups in total.